The van der Waals surface area contributed by atoms with Crippen LogP contribution in [0.15, 0.2) is 24.4 Å². The average Bonchev–Trinajstić information content (AvgIpc) is 2.87. The molecule has 2 N–H and O–H groups in total. The Hall–Kier alpha value is -1.88. The lowest BCUT2D eigenvalue weighted by Gasteiger charge is -2.08. The summed E-state index contributed by atoms with van der Waals surface area (Å²) in [5.74, 6) is 0.766. The molecule has 0 saturated heterocycles. The van der Waals surface area contributed by atoms with E-state index in [1.165, 1.54) is 0 Å². The normalized spacial score (nSPS) is 12.4. The minimum absolute atomic E-state index is 0.0745. The number of nitrogens with two attached hydrogens (primary N) is 1. The van der Waals surface area contributed by atoms with Gasteiger partial charge in [-0.05, 0) is 31.0 Å². The number of hydrogen-bond donors (Lipinski definition) is 1. The molecule has 0 fully saturated rings. The summed E-state index contributed by atoms with van der Waals surface area (Å²) in [7, 11) is 1.64. The number of nitrogens with zero attached hydrogens (tertiary/aromatic N) is 3. The van der Waals surface area contributed by atoms with E-state index in [4.69, 9.17) is 10.5 Å². The van der Waals surface area contributed by atoms with Crippen LogP contribution in [0.4, 0.5) is 0 Å². The van der Waals surface area contributed by atoms with Crippen LogP contribution >= 0.6 is 0 Å². The van der Waals surface area contributed by atoms with E-state index in [0.29, 0.717) is 0 Å². The van der Waals surface area contributed by atoms with Crippen LogP contribution in [0.25, 0.3) is 5.69 Å². The van der Waals surface area contributed by atoms with E-state index < -0.39 is 0 Å². The van der Waals surface area contributed by atoms with Gasteiger partial charge in [-0.2, -0.15) is 0 Å². The van der Waals surface area contributed by atoms with Gasteiger partial charge in [0.05, 0.1) is 25.0 Å². The van der Waals surface area contributed by atoms with Crippen molar-refractivity contribution in [3.63, 3.8) is 0 Å². The minimum atomic E-state index is -0.0745. The molecule has 0 spiro atoms. The number of rotatable bonds is 4. The Kier molecular flexibility index (Phi) is 3.62. The molecule has 0 bridgehead atoms. The summed E-state index contributed by atoms with van der Waals surface area (Å²) in [5.41, 5.74) is 8.75. The molecule has 1 aromatic heterocycles. The molecular weight excluding hydrogens is 228 g/mol. The van der Waals surface area contributed by atoms with Gasteiger partial charge in [0, 0.05) is 0 Å². The van der Waals surface area contributed by atoms with Gasteiger partial charge in [-0.1, -0.05) is 18.2 Å². The van der Waals surface area contributed by atoms with Crippen molar-refractivity contribution >= 4 is 0 Å². The van der Waals surface area contributed by atoms with Gasteiger partial charge < -0.3 is 10.5 Å². The zero-order chi connectivity index (χ0) is 13.1. The molecule has 0 aliphatic rings. The van der Waals surface area contributed by atoms with E-state index in [0.717, 1.165) is 29.1 Å². The number of aryl methyl sites for hydroxylation is 1. The van der Waals surface area contributed by atoms with Gasteiger partial charge in [-0.15, -0.1) is 5.10 Å². The highest BCUT2D eigenvalue weighted by atomic mass is 16.5. The molecule has 0 aliphatic carbocycles. The topological polar surface area (TPSA) is 66.0 Å². The maximum Gasteiger partial charge on any atom is 0.144 e. The largest absolute Gasteiger partial charge is 0.494 e. The third-order valence-corrected chi connectivity index (χ3v) is 2.91. The molecular formula is C13H18N4O. The predicted octanol–water partition coefficient (Wildman–Crippen LogP) is 1.99. The maximum atomic E-state index is 5.94. The lowest BCUT2D eigenvalue weighted by atomic mass is 10.2. The second-order valence-corrected chi connectivity index (χ2v) is 4.28. The molecule has 0 radical (unpaired) electrons. The molecule has 2 rings (SSSR count). The van der Waals surface area contributed by atoms with E-state index in [9.17, 15) is 0 Å². The number of benzene rings is 1. The molecule has 18 heavy (non-hydrogen) atoms. The monoisotopic (exact) mass is 246 g/mol. The Labute approximate surface area is 107 Å². The zero-order valence-electron chi connectivity index (χ0n) is 10.9. The number of ether oxygens (including phenoxy) is 1. The lowest BCUT2D eigenvalue weighted by molar-refractivity contribution is 0.411. The Bertz CT molecular complexity index is 536. The van der Waals surface area contributed by atoms with Crippen LogP contribution in [0.5, 0.6) is 5.75 Å². The molecule has 1 unspecified atom stereocenters. The van der Waals surface area contributed by atoms with Gasteiger partial charge >= 0.3 is 0 Å². The average molecular weight is 246 g/mol. The van der Waals surface area contributed by atoms with Crippen molar-refractivity contribution in [3.05, 3.63) is 35.7 Å². The summed E-state index contributed by atoms with van der Waals surface area (Å²) < 4.78 is 7.04. The first-order valence-corrected chi connectivity index (χ1v) is 5.98. The van der Waals surface area contributed by atoms with Crippen molar-refractivity contribution in [2.24, 2.45) is 5.73 Å². The highest BCUT2D eigenvalue weighted by molar-refractivity contribution is 5.48. The van der Waals surface area contributed by atoms with Crippen LogP contribution in [0.3, 0.4) is 0 Å². The van der Waals surface area contributed by atoms with Crippen LogP contribution in [0, 0.1) is 6.92 Å². The van der Waals surface area contributed by atoms with Gasteiger partial charge in [-0.3, -0.25) is 0 Å². The van der Waals surface area contributed by atoms with Gasteiger partial charge in [0.15, 0.2) is 0 Å². The lowest BCUT2D eigenvalue weighted by Crippen LogP contribution is -2.08. The molecule has 0 saturated carbocycles. The molecule has 2 aromatic rings. The van der Waals surface area contributed by atoms with E-state index >= 15 is 0 Å². The van der Waals surface area contributed by atoms with Crippen molar-refractivity contribution in [1.82, 2.24) is 15.0 Å². The third kappa shape index (κ3) is 2.36. The number of methoxy groups -OCH3 is 1. The standard InChI is InChI=1S/C13H18N4O/c1-4-10(14)11-8-17(16-15-11)12-7-9(2)5-6-13(12)18-3/h5-8,10H,4,14H2,1-3H3. The summed E-state index contributed by atoms with van der Waals surface area (Å²) in [6, 6.07) is 5.85. The molecule has 5 nitrogen and oxygen atoms in total. The van der Waals surface area contributed by atoms with Crippen molar-refractivity contribution in [1.29, 1.82) is 0 Å². The Morgan fingerprint density at radius 3 is 2.89 bits per heavy atom. The molecule has 96 valence electrons. The smallest absolute Gasteiger partial charge is 0.144 e. The number of hydrogen-bond acceptors (Lipinski definition) is 4. The van der Waals surface area contributed by atoms with Crippen LogP contribution in [-0.2, 0) is 0 Å². The van der Waals surface area contributed by atoms with Crippen molar-refractivity contribution in [2.75, 3.05) is 7.11 Å². The maximum absolute atomic E-state index is 5.94. The van der Waals surface area contributed by atoms with Gasteiger partial charge in [0.25, 0.3) is 0 Å². The first-order valence-electron chi connectivity index (χ1n) is 5.98. The number of aromatic nitrogens is 3. The van der Waals surface area contributed by atoms with Crippen LogP contribution < -0.4 is 10.5 Å². The predicted molar refractivity (Wildman–Crippen MR) is 69.9 cm³/mol. The molecule has 0 aliphatic heterocycles. The van der Waals surface area contributed by atoms with Gasteiger partial charge in [0.1, 0.15) is 11.4 Å². The van der Waals surface area contributed by atoms with E-state index in [2.05, 4.69) is 10.3 Å². The van der Waals surface area contributed by atoms with E-state index in [1.54, 1.807) is 11.8 Å². The van der Waals surface area contributed by atoms with Crippen LogP contribution in [0.2, 0.25) is 0 Å². The highest BCUT2D eigenvalue weighted by Gasteiger charge is 2.12. The summed E-state index contributed by atoms with van der Waals surface area (Å²) >= 11 is 0. The quantitative estimate of drug-likeness (QED) is 0.896. The van der Waals surface area contributed by atoms with E-state index in [-0.39, 0.29) is 6.04 Å². The summed E-state index contributed by atoms with van der Waals surface area (Å²) in [5, 5.41) is 8.21. The summed E-state index contributed by atoms with van der Waals surface area (Å²) in [4.78, 5) is 0. The van der Waals surface area contributed by atoms with E-state index in [1.807, 2.05) is 38.2 Å². The Morgan fingerprint density at radius 1 is 1.44 bits per heavy atom. The third-order valence-electron chi connectivity index (χ3n) is 2.91. The van der Waals surface area contributed by atoms with Gasteiger partial charge in [-0.25, -0.2) is 4.68 Å². The second-order valence-electron chi connectivity index (χ2n) is 4.28. The first-order chi connectivity index (χ1) is 8.65. The fourth-order valence-electron chi connectivity index (χ4n) is 1.75. The molecule has 1 atom stereocenters. The van der Waals surface area contributed by atoms with Crippen LogP contribution in [-0.4, -0.2) is 22.1 Å². The van der Waals surface area contributed by atoms with Crippen LogP contribution in [0.1, 0.15) is 30.6 Å². The SMILES string of the molecule is CCC(N)c1cn(-c2cc(C)ccc2OC)nn1. The first kappa shape index (κ1) is 12.6. The fourth-order valence-corrected chi connectivity index (χ4v) is 1.75. The Morgan fingerprint density at radius 2 is 2.22 bits per heavy atom. The summed E-state index contributed by atoms with van der Waals surface area (Å²) in [6.07, 6.45) is 2.69. The Balaban J connectivity index is 2.42. The highest BCUT2D eigenvalue weighted by Crippen LogP contribution is 2.24. The second kappa shape index (κ2) is 5.18. The molecule has 1 heterocycles. The molecule has 0 amide bonds. The van der Waals surface area contributed by atoms with Crippen molar-refractivity contribution in [3.8, 4) is 11.4 Å². The van der Waals surface area contributed by atoms with Crippen molar-refractivity contribution < 1.29 is 4.74 Å². The minimum Gasteiger partial charge on any atom is -0.494 e. The van der Waals surface area contributed by atoms with Gasteiger partial charge in [0.2, 0.25) is 0 Å². The molecule has 5 heteroatoms. The molecule has 1 aromatic carbocycles. The zero-order valence-corrected chi connectivity index (χ0v) is 10.9. The summed E-state index contributed by atoms with van der Waals surface area (Å²) in [6.45, 7) is 4.05. The van der Waals surface area contributed by atoms with Crippen molar-refractivity contribution in [2.45, 2.75) is 26.3 Å². The fraction of sp³-hybridized carbons (Fsp3) is 0.385.